The Balaban J connectivity index is 2.02. The molecule has 0 radical (unpaired) electrons. The van der Waals surface area contributed by atoms with Gasteiger partial charge in [0.2, 0.25) is 0 Å². The largest absolute Gasteiger partial charge is 0.476 e. The van der Waals surface area contributed by atoms with Crippen molar-refractivity contribution in [2.45, 2.75) is 51.3 Å². The molecule has 2 rings (SSSR count). The molecule has 0 spiro atoms. The predicted octanol–water partition coefficient (Wildman–Crippen LogP) is 2.33. The molecule has 2 N–H and O–H groups in total. The normalized spacial score (nSPS) is 22.5. The Morgan fingerprint density at radius 1 is 1.11 bits per heavy atom. The van der Waals surface area contributed by atoms with E-state index < -0.39 is 7.12 Å². The lowest BCUT2D eigenvalue weighted by molar-refractivity contribution is 0.00578. The molecule has 0 aromatic heterocycles. The number of nitrogens with two attached hydrogens (primary N) is 1. The first-order chi connectivity index (χ1) is 8.71. The molecule has 1 aromatic rings. The van der Waals surface area contributed by atoms with Gasteiger partial charge in [-0.25, -0.2) is 4.39 Å². The third-order valence-corrected chi connectivity index (χ3v) is 4.01. The molecule has 0 bridgehead atoms. The maximum Gasteiger partial charge on any atom is 0.476 e. The summed E-state index contributed by atoms with van der Waals surface area (Å²) in [4.78, 5) is 0. The van der Waals surface area contributed by atoms with E-state index in [0.717, 1.165) is 5.56 Å². The number of rotatable bonds is 3. The topological polar surface area (TPSA) is 44.5 Å². The number of hydrogen-bond acceptors (Lipinski definition) is 3. The van der Waals surface area contributed by atoms with Gasteiger partial charge in [-0.15, -0.1) is 0 Å². The van der Waals surface area contributed by atoms with Crippen molar-refractivity contribution in [3.63, 3.8) is 0 Å². The van der Waals surface area contributed by atoms with Crippen LogP contribution in [-0.4, -0.2) is 24.3 Å². The van der Waals surface area contributed by atoms with Crippen LogP contribution in [0.5, 0.6) is 0 Å². The standard InChI is InChI=1S/C14H21BFNO2/c1-13(2)14(3,4)19-15(18-13)12(17)9-10-5-7-11(16)8-6-10/h5-8,12H,9,17H2,1-4H3/t12-/m0/s1. The maximum absolute atomic E-state index is 12.8. The molecule has 0 amide bonds. The number of hydrogen-bond donors (Lipinski definition) is 1. The van der Waals surface area contributed by atoms with E-state index in [2.05, 4.69) is 0 Å². The lowest BCUT2D eigenvalue weighted by atomic mass is 9.75. The second kappa shape index (κ2) is 4.89. The van der Waals surface area contributed by atoms with Crippen molar-refractivity contribution in [3.8, 4) is 0 Å². The van der Waals surface area contributed by atoms with Crippen LogP contribution in [-0.2, 0) is 15.7 Å². The zero-order valence-corrected chi connectivity index (χ0v) is 11.9. The van der Waals surface area contributed by atoms with Gasteiger partial charge in [0.1, 0.15) is 5.82 Å². The molecule has 1 atom stereocenters. The van der Waals surface area contributed by atoms with Crippen molar-refractivity contribution in [1.29, 1.82) is 0 Å². The summed E-state index contributed by atoms with van der Waals surface area (Å²) in [5.41, 5.74) is 6.37. The molecular weight excluding hydrogens is 244 g/mol. The van der Waals surface area contributed by atoms with E-state index in [1.165, 1.54) is 12.1 Å². The van der Waals surface area contributed by atoms with E-state index in [1.807, 2.05) is 27.7 Å². The molecule has 0 saturated carbocycles. The zero-order valence-electron chi connectivity index (χ0n) is 11.9. The highest BCUT2D eigenvalue weighted by atomic mass is 19.1. The molecule has 19 heavy (non-hydrogen) atoms. The van der Waals surface area contributed by atoms with Gasteiger partial charge >= 0.3 is 7.12 Å². The smallest absolute Gasteiger partial charge is 0.402 e. The second-order valence-corrected chi connectivity index (χ2v) is 6.12. The summed E-state index contributed by atoms with van der Waals surface area (Å²) in [5, 5.41) is 0. The number of halogens is 1. The van der Waals surface area contributed by atoms with E-state index >= 15 is 0 Å². The molecule has 1 aliphatic heterocycles. The first kappa shape index (κ1) is 14.5. The minimum atomic E-state index is -0.435. The third kappa shape index (κ3) is 2.99. The van der Waals surface area contributed by atoms with Crippen LogP contribution in [0.3, 0.4) is 0 Å². The average Bonchev–Trinajstić information content (AvgIpc) is 2.51. The summed E-state index contributed by atoms with van der Waals surface area (Å²) in [6, 6.07) is 6.35. The lowest BCUT2D eigenvalue weighted by Gasteiger charge is -2.32. The SMILES string of the molecule is CC1(C)OB([C@@H](N)Cc2ccc(F)cc2)OC1(C)C. The van der Waals surface area contributed by atoms with E-state index in [1.54, 1.807) is 12.1 Å². The van der Waals surface area contributed by atoms with Gasteiger partial charge in [-0.05, 0) is 51.8 Å². The summed E-state index contributed by atoms with van der Waals surface area (Å²) < 4.78 is 24.6. The molecule has 1 heterocycles. The van der Waals surface area contributed by atoms with Crippen molar-refractivity contribution in [3.05, 3.63) is 35.6 Å². The van der Waals surface area contributed by atoms with E-state index in [-0.39, 0.29) is 23.0 Å². The van der Waals surface area contributed by atoms with E-state index in [4.69, 9.17) is 15.0 Å². The van der Waals surface area contributed by atoms with Gasteiger partial charge in [-0.1, -0.05) is 12.1 Å². The average molecular weight is 265 g/mol. The predicted molar refractivity (Wildman–Crippen MR) is 74.2 cm³/mol. The van der Waals surface area contributed by atoms with Crippen molar-refractivity contribution in [1.82, 2.24) is 0 Å². The molecule has 1 aliphatic rings. The minimum Gasteiger partial charge on any atom is -0.402 e. The molecule has 5 heteroatoms. The number of benzene rings is 1. The van der Waals surface area contributed by atoms with Crippen molar-refractivity contribution in [2.75, 3.05) is 0 Å². The fraction of sp³-hybridized carbons (Fsp3) is 0.571. The van der Waals surface area contributed by atoms with Gasteiger partial charge < -0.3 is 15.0 Å². The van der Waals surface area contributed by atoms with Gasteiger partial charge in [-0.2, -0.15) is 0 Å². The summed E-state index contributed by atoms with van der Waals surface area (Å²) in [5.74, 6) is -0.514. The molecule has 1 aromatic carbocycles. The Bertz CT molecular complexity index is 431. The van der Waals surface area contributed by atoms with Crippen LogP contribution in [0.15, 0.2) is 24.3 Å². The molecular formula is C14H21BFNO2. The second-order valence-electron chi connectivity index (χ2n) is 6.12. The molecule has 1 saturated heterocycles. The fourth-order valence-electron chi connectivity index (χ4n) is 2.05. The third-order valence-electron chi connectivity index (χ3n) is 4.01. The van der Waals surface area contributed by atoms with Crippen molar-refractivity contribution in [2.24, 2.45) is 5.73 Å². The van der Waals surface area contributed by atoms with Gasteiger partial charge in [0, 0.05) is 5.94 Å². The van der Waals surface area contributed by atoms with Crippen molar-refractivity contribution >= 4 is 7.12 Å². The Morgan fingerprint density at radius 3 is 2.05 bits per heavy atom. The molecule has 3 nitrogen and oxygen atoms in total. The highest BCUT2D eigenvalue weighted by Gasteiger charge is 2.52. The first-order valence-corrected chi connectivity index (χ1v) is 6.57. The maximum atomic E-state index is 12.8. The Morgan fingerprint density at radius 2 is 1.58 bits per heavy atom. The highest BCUT2D eigenvalue weighted by molar-refractivity contribution is 6.47. The van der Waals surface area contributed by atoms with Crippen LogP contribution < -0.4 is 5.73 Å². The molecule has 0 unspecified atom stereocenters. The Hall–Kier alpha value is -0.905. The van der Waals surface area contributed by atoms with Gasteiger partial charge in [-0.3, -0.25) is 0 Å². The first-order valence-electron chi connectivity index (χ1n) is 6.57. The van der Waals surface area contributed by atoms with Crippen LogP contribution in [0.25, 0.3) is 0 Å². The van der Waals surface area contributed by atoms with Gasteiger partial charge in [0.05, 0.1) is 11.2 Å². The Labute approximate surface area is 114 Å². The van der Waals surface area contributed by atoms with Crippen LogP contribution in [0, 0.1) is 5.82 Å². The summed E-state index contributed by atoms with van der Waals surface area (Å²) >= 11 is 0. The molecule has 104 valence electrons. The summed E-state index contributed by atoms with van der Waals surface area (Å²) in [7, 11) is -0.435. The van der Waals surface area contributed by atoms with Crippen LogP contribution in [0.2, 0.25) is 0 Å². The van der Waals surface area contributed by atoms with E-state index in [9.17, 15) is 4.39 Å². The zero-order chi connectivity index (χ0) is 14.3. The summed E-state index contributed by atoms with van der Waals surface area (Å²) in [6.45, 7) is 7.99. The quantitative estimate of drug-likeness (QED) is 0.853. The summed E-state index contributed by atoms with van der Waals surface area (Å²) in [6.07, 6.45) is 0.594. The highest BCUT2D eigenvalue weighted by Crippen LogP contribution is 2.37. The lowest BCUT2D eigenvalue weighted by Crippen LogP contribution is -2.43. The van der Waals surface area contributed by atoms with Crippen LogP contribution in [0.1, 0.15) is 33.3 Å². The van der Waals surface area contributed by atoms with Crippen molar-refractivity contribution < 1.29 is 13.7 Å². The van der Waals surface area contributed by atoms with E-state index in [0.29, 0.717) is 6.42 Å². The van der Waals surface area contributed by atoms with Gasteiger partial charge in [0.25, 0.3) is 0 Å². The van der Waals surface area contributed by atoms with Gasteiger partial charge in [0.15, 0.2) is 0 Å². The van der Waals surface area contributed by atoms with Crippen LogP contribution in [0.4, 0.5) is 4.39 Å². The molecule has 1 fully saturated rings. The Kier molecular flexibility index (Phi) is 3.73. The molecule has 0 aliphatic carbocycles. The monoisotopic (exact) mass is 265 g/mol. The van der Waals surface area contributed by atoms with Crippen LogP contribution >= 0.6 is 0 Å². The minimum absolute atomic E-state index is 0.243. The fourth-order valence-corrected chi connectivity index (χ4v) is 2.05.